The largest absolute Gasteiger partial charge is 0.306 e. The first kappa shape index (κ1) is 7.39. The van der Waals surface area contributed by atoms with Crippen molar-refractivity contribution in [3.63, 3.8) is 0 Å². The van der Waals surface area contributed by atoms with Gasteiger partial charge in [-0.15, -0.1) is 0 Å². The highest BCUT2D eigenvalue weighted by atomic mass is 35.5. The van der Waals surface area contributed by atoms with Gasteiger partial charge in [0.25, 0.3) is 0 Å². The van der Waals surface area contributed by atoms with E-state index in [-0.39, 0.29) is 0 Å². The van der Waals surface area contributed by atoms with Crippen molar-refractivity contribution in [2.24, 2.45) is 0 Å². The summed E-state index contributed by atoms with van der Waals surface area (Å²) < 4.78 is 2.07. The van der Waals surface area contributed by atoms with Crippen molar-refractivity contribution in [1.29, 1.82) is 0 Å². The average Bonchev–Trinajstić information content (AvgIpc) is 2.57. The van der Waals surface area contributed by atoms with Gasteiger partial charge in [-0.1, -0.05) is 11.6 Å². The number of halogens is 1. The van der Waals surface area contributed by atoms with Gasteiger partial charge in [0.05, 0.1) is 17.5 Å². The van der Waals surface area contributed by atoms with E-state index in [1.807, 2.05) is 18.6 Å². The van der Waals surface area contributed by atoms with Gasteiger partial charge in [0.15, 0.2) is 0 Å². The first-order valence-corrected chi connectivity index (χ1v) is 4.87. The lowest BCUT2D eigenvalue weighted by Crippen LogP contribution is -2.02. The summed E-state index contributed by atoms with van der Waals surface area (Å²) in [5.74, 6) is 0. The molecule has 0 bridgehead atoms. The van der Waals surface area contributed by atoms with E-state index in [4.69, 9.17) is 11.6 Å². The van der Waals surface area contributed by atoms with Crippen LogP contribution in [0.1, 0.15) is 17.7 Å². The summed E-state index contributed by atoms with van der Waals surface area (Å²) in [5, 5.41) is 0.883. The number of rotatable bonds is 0. The molecule has 2 aromatic rings. The summed E-state index contributed by atoms with van der Waals surface area (Å²) in [4.78, 5) is 4.37. The van der Waals surface area contributed by atoms with Crippen molar-refractivity contribution in [2.45, 2.75) is 19.3 Å². The van der Waals surface area contributed by atoms with Crippen LogP contribution in [0, 0.1) is 0 Å². The highest BCUT2D eigenvalue weighted by Crippen LogP contribution is 2.29. The Labute approximate surface area is 81.2 Å². The van der Waals surface area contributed by atoms with Crippen LogP contribution in [0.3, 0.4) is 0 Å². The summed E-state index contributed by atoms with van der Waals surface area (Å²) >= 11 is 6.13. The summed E-state index contributed by atoms with van der Waals surface area (Å²) in [7, 11) is 0. The number of nitrogens with zero attached hydrogens (tertiary/aromatic N) is 2. The first-order chi connectivity index (χ1) is 6.36. The monoisotopic (exact) mass is 192 g/mol. The van der Waals surface area contributed by atoms with Gasteiger partial charge in [0.1, 0.15) is 0 Å². The van der Waals surface area contributed by atoms with Crippen molar-refractivity contribution < 1.29 is 0 Å². The maximum absolute atomic E-state index is 6.13. The quantitative estimate of drug-likeness (QED) is 0.627. The fraction of sp³-hybridized carbons (Fsp3) is 0.300. The molecular formula is C10H9ClN2. The molecule has 0 fully saturated rings. The number of hydrogen-bond acceptors (Lipinski definition) is 1. The molecule has 1 aliphatic rings. The van der Waals surface area contributed by atoms with E-state index in [2.05, 4.69) is 9.38 Å². The lowest BCUT2D eigenvalue weighted by atomic mass is 9.99. The van der Waals surface area contributed by atoms with Gasteiger partial charge in [0, 0.05) is 11.2 Å². The summed E-state index contributed by atoms with van der Waals surface area (Å²) in [6, 6.07) is 1.95. The molecule has 0 atom stereocenters. The Morgan fingerprint density at radius 1 is 1.38 bits per heavy atom. The Morgan fingerprint density at radius 2 is 2.31 bits per heavy atom. The Bertz CT molecular complexity index is 473. The van der Waals surface area contributed by atoms with Crippen molar-refractivity contribution in [2.75, 3.05) is 0 Å². The van der Waals surface area contributed by atoms with Gasteiger partial charge >= 0.3 is 0 Å². The number of aromatic nitrogens is 2. The van der Waals surface area contributed by atoms with Crippen molar-refractivity contribution in [3.8, 4) is 0 Å². The fourth-order valence-electron chi connectivity index (χ4n) is 2.06. The van der Waals surface area contributed by atoms with Crippen molar-refractivity contribution in [3.05, 3.63) is 34.9 Å². The third-order valence-corrected chi connectivity index (χ3v) is 3.02. The lowest BCUT2D eigenvalue weighted by molar-refractivity contribution is 0.788. The SMILES string of the molecule is Clc1ccn2cnc3c2c1CCC3. The van der Waals surface area contributed by atoms with E-state index < -0.39 is 0 Å². The molecule has 0 radical (unpaired) electrons. The van der Waals surface area contributed by atoms with Crippen LogP contribution in [0.25, 0.3) is 5.52 Å². The average molecular weight is 193 g/mol. The predicted octanol–water partition coefficient (Wildman–Crippen LogP) is 2.48. The van der Waals surface area contributed by atoms with E-state index in [9.17, 15) is 0 Å². The summed E-state index contributed by atoms with van der Waals surface area (Å²) in [6.07, 6.45) is 7.19. The van der Waals surface area contributed by atoms with Crippen LogP contribution in [-0.4, -0.2) is 9.38 Å². The highest BCUT2D eigenvalue weighted by molar-refractivity contribution is 6.31. The van der Waals surface area contributed by atoms with Crippen LogP contribution in [0.15, 0.2) is 18.6 Å². The molecule has 2 heterocycles. The molecule has 0 saturated carbocycles. The molecule has 0 N–H and O–H groups in total. The Hall–Kier alpha value is -1.02. The minimum Gasteiger partial charge on any atom is -0.306 e. The molecule has 2 aromatic heterocycles. The fourth-order valence-corrected chi connectivity index (χ4v) is 2.30. The van der Waals surface area contributed by atoms with Gasteiger partial charge in [0.2, 0.25) is 0 Å². The Morgan fingerprint density at radius 3 is 3.23 bits per heavy atom. The van der Waals surface area contributed by atoms with E-state index in [1.165, 1.54) is 23.2 Å². The van der Waals surface area contributed by atoms with Gasteiger partial charge in [-0.3, -0.25) is 0 Å². The van der Waals surface area contributed by atoms with E-state index >= 15 is 0 Å². The molecule has 0 aliphatic heterocycles. The van der Waals surface area contributed by atoms with Gasteiger partial charge in [-0.05, 0) is 30.9 Å². The smallest absolute Gasteiger partial charge is 0.0995 e. The molecule has 0 amide bonds. The van der Waals surface area contributed by atoms with Gasteiger partial charge in [-0.2, -0.15) is 0 Å². The van der Waals surface area contributed by atoms with Crippen LogP contribution in [0.5, 0.6) is 0 Å². The standard InChI is InChI=1S/C10H9ClN2/c11-8-4-5-13-6-12-9-3-1-2-7(8)10(9)13/h4-6H,1-3H2. The topological polar surface area (TPSA) is 17.3 Å². The first-order valence-electron chi connectivity index (χ1n) is 4.49. The summed E-state index contributed by atoms with van der Waals surface area (Å²) in [6.45, 7) is 0. The molecule has 3 rings (SSSR count). The third-order valence-electron chi connectivity index (χ3n) is 2.67. The number of imidazole rings is 1. The van der Waals surface area contributed by atoms with E-state index in [1.54, 1.807) is 0 Å². The third kappa shape index (κ3) is 0.923. The Kier molecular flexibility index (Phi) is 1.41. The van der Waals surface area contributed by atoms with Gasteiger partial charge < -0.3 is 4.40 Å². The molecule has 3 heteroatoms. The molecule has 0 unspecified atom stereocenters. The molecule has 0 saturated heterocycles. The van der Waals surface area contributed by atoms with Crippen LogP contribution >= 0.6 is 11.6 Å². The molecular weight excluding hydrogens is 184 g/mol. The molecule has 1 aliphatic carbocycles. The number of aryl methyl sites for hydroxylation is 2. The molecule has 0 aromatic carbocycles. The maximum Gasteiger partial charge on any atom is 0.0995 e. The lowest BCUT2D eigenvalue weighted by Gasteiger charge is -2.12. The maximum atomic E-state index is 6.13. The van der Waals surface area contributed by atoms with Crippen LogP contribution in [-0.2, 0) is 12.8 Å². The van der Waals surface area contributed by atoms with Crippen LogP contribution in [0.2, 0.25) is 5.02 Å². The summed E-state index contributed by atoms with van der Waals surface area (Å²) in [5.41, 5.74) is 3.70. The van der Waals surface area contributed by atoms with Crippen LogP contribution in [0.4, 0.5) is 0 Å². The van der Waals surface area contributed by atoms with Crippen molar-refractivity contribution in [1.82, 2.24) is 9.38 Å². The minimum atomic E-state index is 0.883. The molecule has 0 spiro atoms. The Balaban J connectivity index is 2.50. The zero-order chi connectivity index (χ0) is 8.84. The van der Waals surface area contributed by atoms with Crippen LogP contribution < -0.4 is 0 Å². The van der Waals surface area contributed by atoms with E-state index in [0.29, 0.717) is 0 Å². The van der Waals surface area contributed by atoms with Gasteiger partial charge in [-0.25, -0.2) is 4.98 Å². The minimum absolute atomic E-state index is 0.883. The number of pyridine rings is 1. The van der Waals surface area contributed by atoms with E-state index in [0.717, 1.165) is 17.9 Å². The molecule has 13 heavy (non-hydrogen) atoms. The second kappa shape index (κ2) is 2.48. The zero-order valence-electron chi connectivity index (χ0n) is 7.13. The predicted molar refractivity (Wildman–Crippen MR) is 52.2 cm³/mol. The zero-order valence-corrected chi connectivity index (χ0v) is 7.88. The number of hydrogen-bond donors (Lipinski definition) is 0. The second-order valence-electron chi connectivity index (χ2n) is 3.44. The molecule has 2 nitrogen and oxygen atoms in total. The molecule has 66 valence electrons. The second-order valence-corrected chi connectivity index (χ2v) is 3.85. The normalized spacial score (nSPS) is 15.2. The van der Waals surface area contributed by atoms with Crippen molar-refractivity contribution >= 4 is 17.1 Å². The highest BCUT2D eigenvalue weighted by Gasteiger charge is 2.16.